The molecule has 0 radical (unpaired) electrons. The van der Waals surface area contributed by atoms with Crippen LogP contribution in [0.3, 0.4) is 0 Å². The fraction of sp³-hybridized carbons (Fsp3) is 0.417. The van der Waals surface area contributed by atoms with Crippen molar-refractivity contribution < 1.29 is 0 Å². The summed E-state index contributed by atoms with van der Waals surface area (Å²) in [5.74, 6) is 0. The molecule has 0 spiro atoms. The summed E-state index contributed by atoms with van der Waals surface area (Å²) in [5, 5.41) is 1.37. The topological polar surface area (TPSA) is 12.9 Å². The monoisotopic (exact) mass is 205 g/mol. The molecule has 0 unspecified atom stereocenters. The fourth-order valence-corrected chi connectivity index (χ4v) is 3.01. The van der Waals surface area contributed by atoms with Crippen LogP contribution in [0.1, 0.15) is 26.6 Å². The van der Waals surface area contributed by atoms with Gasteiger partial charge in [-0.3, -0.25) is 4.98 Å². The third-order valence-electron chi connectivity index (χ3n) is 2.99. The van der Waals surface area contributed by atoms with Crippen molar-refractivity contribution in [3.05, 3.63) is 26.6 Å². The molecule has 0 fully saturated rings. The Morgan fingerprint density at radius 3 is 2.14 bits per heavy atom. The Morgan fingerprint density at radius 2 is 1.50 bits per heavy atom. The Hall–Kier alpha value is -0.890. The summed E-state index contributed by atoms with van der Waals surface area (Å²) in [7, 11) is 0. The predicted molar refractivity (Wildman–Crippen MR) is 63.3 cm³/mol. The molecule has 2 heterocycles. The molecular formula is C12H15NS. The molecule has 14 heavy (non-hydrogen) atoms. The molecule has 0 aliphatic rings. The quantitative estimate of drug-likeness (QED) is 0.637. The largest absolute Gasteiger partial charge is 0.252 e. The maximum atomic E-state index is 4.67. The molecule has 0 aliphatic heterocycles. The van der Waals surface area contributed by atoms with E-state index in [0.717, 1.165) is 5.69 Å². The first kappa shape index (κ1) is 9.66. The molecule has 74 valence electrons. The van der Waals surface area contributed by atoms with Crippen molar-refractivity contribution in [1.29, 1.82) is 0 Å². The van der Waals surface area contributed by atoms with E-state index in [9.17, 15) is 0 Å². The SMILES string of the molecule is Cc1nc2c(C)sc(C)c2c(C)c1C. The van der Waals surface area contributed by atoms with Gasteiger partial charge in [0.2, 0.25) is 0 Å². The van der Waals surface area contributed by atoms with Gasteiger partial charge in [-0.25, -0.2) is 0 Å². The molecule has 0 saturated heterocycles. The van der Waals surface area contributed by atoms with Gasteiger partial charge in [0.25, 0.3) is 0 Å². The summed E-state index contributed by atoms with van der Waals surface area (Å²) in [4.78, 5) is 7.40. The van der Waals surface area contributed by atoms with Crippen LogP contribution in [0.5, 0.6) is 0 Å². The Morgan fingerprint density at radius 1 is 0.857 bits per heavy atom. The minimum atomic E-state index is 1.16. The Bertz CT molecular complexity index is 509. The van der Waals surface area contributed by atoms with Crippen LogP contribution in [0, 0.1) is 34.6 Å². The molecule has 0 N–H and O–H groups in total. The molecule has 2 aromatic heterocycles. The van der Waals surface area contributed by atoms with Gasteiger partial charge in [0.15, 0.2) is 0 Å². The zero-order valence-electron chi connectivity index (χ0n) is 9.36. The third kappa shape index (κ3) is 1.17. The molecule has 0 amide bonds. The molecular weight excluding hydrogens is 190 g/mol. The first-order valence-corrected chi connectivity index (χ1v) is 5.67. The second-order valence-corrected chi connectivity index (χ2v) is 5.31. The van der Waals surface area contributed by atoms with E-state index in [2.05, 4.69) is 39.6 Å². The van der Waals surface area contributed by atoms with Crippen LogP contribution >= 0.6 is 11.3 Å². The minimum Gasteiger partial charge on any atom is -0.252 e. The van der Waals surface area contributed by atoms with Gasteiger partial charge in [0.05, 0.1) is 5.52 Å². The van der Waals surface area contributed by atoms with E-state index >= 15 is 0 Å². The van der Waals surface area contributed by atoms with Crippen molar-refractivity contribution in [1.82, 2.24) is 4.98 Å². The summed E-state index contributed by atoms with van der Waals surface area (Å²) >= 11 is 1.85. The van der Waals surface area contributed by atoms with Crippen LogP contribution in [-0.2, 0) is 0 Å². The standard InChI is InChI=1S/C12H15NS/c1-6-7(2)11-9(4)14-10(5)12(11)13-8(6)3/h1-5H3. The minimum absolute atomic E-state index is 1.16. The van der Waals surface area contributed by atoms with Crippen molar-refractivity contribution >= 4 is 22.2 Å². The van der Waals surface area contributed by atoms with E-state index in [1.165, 1.54) is 31.8 Å². The molecule has 0 aliphatic carbocycles. The molecule has 1 nitrogen and oxygen atoms in total. The Kier molecular flexibility index (Phi) is 2.11. The number of rotatable bonds is 0. The predicted octanol–water partition coefficient (Wildman–Crippen LogP) is 3.84. The highest BCUT2D eigenvalue weighted by atomic mass is 32.1. The molecule has 0 aromatic carbocycles. The van der Waals surface area contributed by atoms with Crippen molar-refractivity contribution in [3.8, 4) is 0 Å². The number of aromatic nitrogens is 1. The lowest BCUT2D eigenvalue weighted by molar-refractivity contribution is 1.16. The second kappa shape index (κ2) is 3.06. The Labute approximate surface area is 88.8 Å². The van der Waals surface area contributed by atoms with Gasteiger partial charge < -0.3 is 0 Å². The van der Waals surface area contributed by atoms with Gasteiger partial charge in [-0.15, -0.1) is 11.3 Å². The van der Waals surface area contributed by atoms with Crippen LogP contribution in [-0.4, -0.2) is 4.98 Å². The second-order valence-electron chi connectivity index (χ2n) is 3.89. The van der Waals surface area contributed by atoms with Crippen molar-refractivity contribution in [2.75, 3.05) is 0 Å². The number of hydrogen-bond acceptors (Lipinski definition) is 2. The lowest BCUT2D eigenvalue weighted by Gasteiger charge is -2.06. The van der Waals surface area contributed by atoms with Gasteiger partial charge in [-0.2, -0.15) is 0 Å². The first-order valence-electron chi connectivity index (χ1n) is 4.86. The summed E-state index contributed by atoms with van der Waals surface area (Å²) < 4.78 is 0. The van der Waals surface area contributed by atoms with E-state index in [1.54, 1.807) is 0 Å². The first-order chi connectivity index (χ1) is 6.52. The summed E-state index contributed by atoms with van der Waals surface area (Å²) in [5.41, 5.74) is 5.09. The number of pyridine rings is 1. The average molecular weight is 205 g/mol. The highest BCUT2D eigenvalue weighted by Crippen LogP contribution is 2.33. The van der Waals surface area contributed by atoms with Gasteiger partial charge >= 0.3 is 0 Å². The van der Waals surface area contributed by atoms with E-state index < -0.39 is 0 Å². The maximum Gasteiger partial charge on any atom is 0.0846 e. The number of hydrogen-bond donors (Lipinski definition) is 0. The van der Waals surface area contributed by atoms with Crippen molar-refractivity contribution in [2.24, 2.45) is 0 Å². The zero-order valence-corrected chi connectivity index (χ0v) is 10.2. The number of thiophene rings is 1. The molecule has 0 saturated carbocycles. The molecule has 2 heteroatoms. The van der Waals surface area contributed by atoms with E-state index in [1.807, 2.05) is 11.3 Å². The van der Waals surface area contributed by atoms with Crippen molar-refractivity contribution in [2.45, 2.75) is 34.6 Å². The van der Waals surface area contributed by atoms with Crippen LogP contribution in [0.25, 0.3) is 10.9 Å². The summed E-state index contributed by atoms with van der Waals surface area (Å²) in [6.07, 6.45) is 0. The summed E-state index contributed by atoms with van der Waals surface area (Å²) in [6, 6.07) is 0. The van der Waals surface area contributed by atoms with Crippen LogP contribution < -0.4 is 0 Å². The van der Waals surface area contributed by atoms with Gasteiger partial charge in [0, 0.05) is 20.8 Å². The van der Waals surface area contributed by atoms with E-state index in [0.29, 0.717) is 0 Å². The van der Waals surface area contributed by atoms with E-state index in [4.69, 9.17) is 0 Å². The third-order valence-corrected chi connectivity index (χ3v) is 4.00. The zero-order chi connectivity index (χ0) is 10.5. The maximum absolute atomic E-state index is 4.67. The van der Waals surface area contributed by atoms with Gasteiger partial charge in [-0.05, 0) is 45.7 Å². The van der Waals surface area contributed by atoms with Crippen LogP contribution in [0.15, 0.2) is 0 Å². The highest BCUT2D eigenvalue weighted by Gasteiger charge is 2.12. The highest BCUT2D eigenvalue weighted by molar-refractivity contribution is 7.13. The normalized spacial score (nSPS) is 11.2. The Balaban J connectivity index is 3.01. The lowest BCUT2D eigenvalue weighted by atomic mass is 10.0. The smallest absolute Gasteiger partial charge is 0.0846 e. The summed E-state index contributed by atoms with van der Waals surface area (Å²) in [6.45, 7) is 10.8. The fourth-order valence-electron chi connectivity index (χ4n) is 1.96. The number of aryl methyl sites for hydroxylation is 4. The van der Waals surface area contributed by atoms with Gasteiger partial charge in [-0.1, -0.05) is 0 Å². The van der Waals surface area contributed by atoms with E-state index in [-0.39, 0.29) is 0 Å². The van der Waals surface area contributed by atoms with Crippen molar-refractivity contribution in [3.63, 3.8) is 0 Å². The molecule has 2 aromatic rings. The lowest BCUT2D eigenvalue weighted by Crippen LogP contribution is -1.92. The molecule has 0 atom stereocenters. The molecule has 2 rings (SSSR count). The molecule has 0 bridgehead atoms. The van der Waals surface area contributed by atoms with Crippen LogP contribution in [0.4, 0.5) is 0 Å². The van der Waals surface area contributed by atoms with Crippen LogP contribution in [0.2, 0.25) is 0 Å². The van der Waals surface area contributed by atoms with Gasteiger partial charge in [0.1, 0.15) is 0 Å². The number of nitrogens with zero attached hydrogens (tertiary/aromatic N) is 1. The average Bonchev–Trinajstić information content (AvgIpc) is 2.38. The number of fused-ring (bicyclic) bond motifs is 1.